The molecule has 0 aliphatic rings. The number of halogens is 3. The maximum absolute atomic E-state index is 12.8. The van der Waals surface area contributed by atoms with E-state index in [1.807, 2.05) is 0 Å². The molecule has 0 atom stereocenters. The zero-order valence-corrected chi connectivity index (χ0v) is 14.9. The van der Waals surface area contributed by atoms with Gasteiger partial charge in [0.05, 0.1) is 12.7 Å². The van der Waals surface area contributed by atoms with Gasteiger partial charge in [-0.2, -0.15) is 13.2 Å². The number of aromatic nitrogens is 2. The molecule has 0 fully saturated rings. The van der Waals surface area contributed by atoms with Gasteiger partial charge in [0.25, 0.3) is 5.91 Å². The molecule has 2 aromatic heterocycles. The van der Waals surface area contributed by atoms with Crippen molar-refractivity contribution in [1.29, 1.82) is 0 Å². The topological polar surface area (TPSA) is 64.1 Å². The zero-order valence-electron chi connectivity index (χ0n) is 14.1. The van der Waals surface area contributed by atoms with Gasteiger partial charge in [0.2, 0.25) is 5.88 Å². The molecule has 9 heteroatoms. The maximum atomic E-state index is 12.8. The van der Waals surface area contributed by atoms with Gasteiger partial charge in [0, 0.05) is 29.8 Å². The third-order valence-electron chi connectivity index (χ3n) is 3.64. The Hall–Kier alpha value is -2.94. The molecule has 0 unspecified atom stereocenters. The number of nitrogens with zero attached hydrogens (tertiary/aromatic N) is 2. The van der Waals surface area contributed by atoms with Crippen LogP contribution in [0.25, 0.3) is 10.6 Å². The highest BCUT2D eigenvalue weighted by molar-refractivity contribution is 7.13. The smallest absolute Gasteiger partial charge is 0.416 e. The number of hydrogen-bond acceptors (Lipinski definition) is 5. The summed E-state index contributed by atoms with van der Waals surface area (Å²) in [6.45, 7) is 0.244. The molecule has 0 aliphatic heterocycles. The monoisotopic (exact) mass is 393 g/mol. The molecule has 0 spiro atoms. The van der Waals surface area contributed by atoms with Gasteiger partial charge < -0.3 is 10.1 Å². The van der Waals surface area contributed by atoms with E-state index in [-0.39, 0.29) is 12.2 Å². The summed E-state index contributed by atoms with van der Waals surface area (Å²) < 4.78 is 43.5. The van der Waals surface area contributed by atoms with Crippen molar-refractivity contribution in [3.05, 3.63) is 64.8 Å². The van der Waals surface area contributed by atoms with Gasteiger partial charge in [-0.1, -0.05) is 12.1 Å². The number of hydrogen-bond donors (Lipinski definition) is 1. The van der Waals surface area contributed by atoms with Crippen LogP contribution in [0.3, 0.4) is 0 Å². The molecule has 0 saturated carbocycles. The number of benzene rings is 1. The molecule has 27 heavy (non-hydrogen) atoms. The Morgan fingerprint density at radius 1 is 1.26 bits per heavy atom. The minimum atomic E-state index is -4.43. The van der Waals surface area contributed by atoms with Crippen LogP contribution in [0.1, 0.15) is 21.6 Å². The Labute approximate surface area is 156 Å². The average Bonchev–Trinajstić information content (AvgIpc) is 3.16. The first-order valence-corrected chi connectivity index (χ1v) is 8.65. The van der Waals surface area contributed by atoms with Crippen molar-refractivity contribution in [2.24, 2.45) is 0 Å². The lowest BCUT2D eigenvalue weighted by Crippen LogP contribution is -2.23. The summed E-state index contributed by atoms with van der Waals surface area (Å²) in [5.41, 5.74) is 0.498. The second-order valence-electron chi connectivity index (χ2n) is 5.51. The predicted octanol–water partition coefficient (Wildman–Crippen LogP) is 4.16. The van der Waals surface area contributed by atoms with Crippen molar-refractivity contribution in [2.45, 2.75) is 12.7 Å². The molecule has 3 aromatic rings. The number of amides is 1. The van der Waals surface area contributed by atoms with E-state index in [9.17, 15) is 18.0 Å². The fourth-order valence-electron chi connectivity index (χ4n) is 2.28. The molecule has 2 heterocycles. The van der Waals surface area contributed by atoms with E-state index in [1.165, 1.54) is 24.6 Å². The van der Waals surface area contributed by atoms with E-state index in [0.29, 0.717) is 16.5 Å². The molecule has 0 aliphatic carbocycles. The van der Waals surface area contributed by atoms with Crippen molar-refractivity contribution in [2.75, 3.05) is 7.11 Å². The van der Waals surface area contributed by atoms with Crippen LogP contribution < -0.4 is 10.1 Å². The highest BCUT2D eigenvalue weighted by Crippen LogP contribution is 2.33. The molecule has 0 saturated heterocycles. The Kier molecular flexibility index (Phi) is 5.41. The molecular weight excluding hydrogens is 379 g/mol. The largest absolute Gasteiger partial charge is 0.481 e. The SMILES string of the molecule is COc1cc(CNC(=O)c2csc(-c3cccc(C(F)(F)F)c3)n2)ccn1. The lowest BCUT2D eigenvalue weighted by Gasteiger charge is -2.07. The predicted molar refractivity (Wildman–Crippen MR) is 94.5 cm³/mol. The van der Waals surface area contributed by atoms with Crippen LogP contribution >= 0.6 is 11.3 Å². The first-order chi connectivity index (χ1) is 12.9. The second kappa shape index (κ2) is 7.75. The van der Waals surface area contributed by atoms with E-state index < -0.39 is 17.6 Å². The number of alkyl halides is 3. The first kappa shape index (κ1) is 18.8. The normalized spacial score (nSPS) is 11.3. The maximum Gasteiger partial charge on any atom is 0.416 e. The van der Waals surface area contributed by atoms with Crippen LogP contribution in [0.5, 0.6) is 5.88 Å². The summed E-state index contributed by atoms with van der Waals surface area (Å²) in [6.07, 6.45) is -2.87. The van der Waals surface area contributed by atoms with Crippen molar-refractivity contribution in [1.82, 2.24) is 15.3 Å². The quantitative estimate of drug-likeness (QED) is 0.707. The van der Waals surface area contributed by atoms with Crippen molar-refractivity contribution in [3.63, 3.8) is 0 Å². The number of ether oxygens (including phenoxy) is 1. The van der Waals surface area contributed by atoms with Crippen LogP contribution in [-0.2, 0) is 12.7 Å². The van der Waals surface area contributed by atoms with Gasteiger partial charge in [-0.05, 0) is 23.8 Å². The number of carbonyl (C=O) groups is 1. The molecule has 1 aromatic carbocycles. The fourth-order valence-corrected chi connectivity index (χ4v) is 3.08. The molecule has 3 rings (SSSR count). The molecule has 0 radical (unpaired) electrons. The van der Waals surface area contributed by atoms with E-state index >= 15 is 0 Å². The minimum absolute atomic E-state index is 0.147. The molecule has 5 nitrogen and oxygen atoms in total. The Bertz CT molecular complexity index is 957. The number of nitrogens with one attached hydrogen (secondary N) is 1. The summed E-state index contributed by atoms with van der Waals surface area (Å²) in [7, 11) is 1.50. The van der Waals surface area contributed by atoms with E-state index in [2.05, 4.69) is 15.3 Å². The Balaban J connectivity index is 1.71. The summed E-state index contributed by atoms with van der Waals surface area (Å²) in [5, 5.41) is 4.57. The van der Waals surface area contributed by atoms with Gasteiger partial charge in [0.15, 0.2) is 0 Å². The summed E-state index contributed by atoms with van der Waals surface area (Å²) >= 11 is 1.11. The minimum Gasteiger partial charge on any atom is -0.481 e. The van der Waals surface area contributed by atoms with Gasteiger partial charge in [0.1, 0.15) is 10.7 Å². The van der Waals surface area contributed by atoms with Crippen LogP contribution in [-0.4, -0.2) is 23.0 Å². The average molecular weight is 393 g/mol. The van der Waals surface area contributed by atoms with Gasteiger partial charge in [-0.15, -0.1) is 11.3 Å². The van der Waals surface area contributed by atoms with Crippen LogP contribution in [0, 0.1) is 0 Å². The first-order valence-electron chi connectivity index (χ1n) is 7.77. The van der Waals surface area contributed by atoms with Gasteiger partial charge in [-0.3, -0.25) is 4.79 Å². The summed E-state index contributed by atoms with van der Waals surface area (Å²) in [5.74, 6) is 0.0162. The summed E-state index contributed by atoms with van der Waals surface area (Å²) in [6, 6.07) is 8.28. The van der Waals surface area contributed by atoms with Crippen LogP contribution in [0.15, 0.2) is 48.0 Å². The summed E-state index contributed by atoms with van der Waals surface area (Å²) in [4.78, 5) is 20.4. The number of methoxy groups -OCH3 is 1. The molecule has 1 amide bonds. The van der Waals surface area contributed by atoms with Crippen LogP contribution in [0.2, 0.25) is 0 Å². The third-order valence-corrected chi connectivity index (χ3v) is 4.53. The standard InChI is InChI=1S/C18H14F3N3O2S/c1-26-15-7-11(5-6-22-15)9-23-16(25)14-10-27-17(24-14)12-3-2-4-13(8-12)18(19,20)21/h2-8,10H,9H2,1H3,(H,23,25). The van der Waals surface area contributed by atoms with E-state index in [0.717, 1.165) is 29.0 Å². The van der Waals surface area contributed by atoms with E-state index in [1.54, 1.807) is 18.3 Å². The molecule has 0 bridgehead atoms. The Morgan fingerprint density at radius 3 is 2.81 bits per heavy atom. The number of thiazole rings is 1. The number of rotatable bonds is 5. The third kappa shape index (κ3) is 4.62. The number of pyridine rings is 1. The van der Waals surface area contributed by atoms with Crippen molar-refractivity contribution in [3.8, 4) is 16.5 Å². The highest BCUT2D eigenvalue weighted by Gasteiger charge is 2.30. The molecular formula is C18H14F3N3O2S. The zero-order chi connectivity index (χ0) is 19.4. The van der Waals surface area contributed by atoms with E-state index in [4.69, 9.17) is 4.74 Å². The van der Waals surface area contributed by atoms with Crippen molar-refractivity contribution < 1.29 is 22.7 Å². The van der Waals surface area contributed by atoms with Crippen LogP contribution in [0.4, 0.5) is 13.2 Å². The lowest BCUT2D eigenvalue weighted by molar-refractivity contribution is -0.137. The van der Waals surface area contributed by atoms with Gasteiger partial charge in [-0.25, -0.2) is 9.97 Å². The molecule has 140 valence electrons. The number of carbonyl (C=O) groups excluding carboxylic acids is 1. The fraction of sp³-hybridized carbons (Fsp3) is 0.167. The van der Waals surface area contributed by atoms with Crippen molar-refractivity contribution >= 4 is 17.2 Å². The second-order valence-corrected chi connectivity index (χ2v) is 6.36. The lowest BCUT2D eigenvalue weighted by atomic mass is 10.1. The Morgan fingerprint density at radius 2 is 2.07 bits per heavy atom. The van der Waals surface area contributed by atoms with Gasteiger partial charge >= 0.3 is 6.18 Å². The molecule has 1 N–H and O–H groups in total. The highest BCUT2D eigenvalue weighted by atomic mass is 32.1.